The highest BCUT2D eigenvalue weighted by Crippen LogP contribution is 2.41. The van der Waals surface area contributed by atoms with E-state index >= 15 is 0 Å². The van der Waals surface area contributed by atoms with E-state index in [4.69, 9.17) is 0 Å². The third-order valence-corrected chi connectivity index (χ3v) is 5.85. The number of likely N-dealkylation sites (N-methyl/N-ethyl adjacent to an activating group) is 1. The molecule has 1 heterocycles. The maximum absolute atomic E-state index is 13.0. The van der Waals surface area contributed by atoms with Crippen molar-refractivity contribution in [2.24, 2.45) is 0 Å². The fraction of sp³-hybridized carbons (Fsp3) is 0.375. The van der Waals surface area contributed by atoms with Gasteiger partial charge in [0.15, 0.2) is 0 Å². The minimum atomic E-state index is -0.645. The van der Waals surface area contributed by atoms with Gasteiger partial charge >= 0.3 is 0 Å². The number of benzene rings is 2. The summed E-state index contributed by atoms with van der Waals surface area (Å²) in [6.45, 7) is 3.06. The molecular weight excluding hydrogens is 378 g/mol. The first-order valence-electron chi connectivity index (χ1n) is 10.6. The lowest BCUT2D eigenvalue weighted by atomic mass is 10.0. The first-order valence-corrected chi connectivity index (χ1v) is 10.6. The number of hydrogen-bond donors (Lipinski definition) is 1. The molecule has 6 nitrogen and oxygen atoms in total. The fourth-order valence-corrected chi connectivity index (χ4v) is 4.07. The van der Waals surface area contributed by atoms with Gasteiger partial charge in [0.05, 0.1) is 6.54 Å². The molecule has 0 bridgehead atoms. The Morgan fingerprint density at radius 2 is 1.77 bits per heavy atom. The maximum Gasteiger partial charge on any atom is 0.255 e. The van der Waals surface area contributed by atoms with Crippen molar-refractivity contribution in [2.45, 2.75) is 38.3 Å². The Morgan fingerprint density at radius 1 is 1.07 bits per heavy atom. The molecule has 2 aromatic carbocycles. The molecule has 1 N–H and O–H groups in total. The normalized spacial score (nSPS) is 17.6. The predicted octanol–water partition coefficient (Wildman–Crippen LogP) is 2.55. The molecule has 4 rings (SSSR count). The van der Waals surface area contributed by atoms with E-state index in [0.29, 0.717) is 18.7 Å². The van der Waals surface area contributed by atoms with Gasteiger partial charge in [0.2, 0.25) is 11.8 Å². The van der Waals surface area contributed by atoms with Crippen molar-refractivity contribution in [3.63, 3.8) is 0 Å². The molecule has 2 aliphatic rings. The van der Waals surface area contributed by atoms with Crippen molar-refractivity contribution in [3.8, 4) is 0 Å². The lowest BCUT2D eigenvalue weighted by Crippen LogP contribution is -2.45. The Labute approximate surface area is 176 Å². The standard InChI is InChI=1S/C24H27N3O3/c1-2-26(15-14-17-8-4-3-5-9-17)21(28)16-25-23(29)22-19-10-6-7-11-20(19)24(30)27(22)18-12-13-18/h3-11,18,22H,2,12-16H2,1H3,(H,25,29). The monoisotopic (exact) mass is 405 g/mol. The summed E-state index contributed by atoms with van der Waals surface area (Å²) >= 11 is 0. The molecule has 1 aliphatic heterocycles. The predicted molar refractivity (Wildman–Crippen MR) is 114 cm³/mol. The van der Waals surface area contributed by atoms with E-state index in [2.05, 4.69) is 5.32 Å². The van der Waals surface area contributed by atoms with E-state index in [1.54, 1.807) is 15.9 Å². The second kappa shape index (κ2) is 8.69. The highest BCUT2D eigenvalue weighted by atomic mass is 16.2. The number of rotatable bonds is 8. The third kappa shape index (κ3) is 4.08. The van der Waals surface area contributed by atoms with Crippen LogP contribution in [0.2, 0.25) is 0 Å². The summed E-state index contributed by atoms with van der Waals surface area (Å²) in [7, 11) is 0. The summed E-state index contributed by atoms with van der Waals surface area (Å²) in [4.78, 5) is 41.9. The van der Waals surface area contributed by atoms with Crippen LogP contribution < -0.4 is 5.32 Å². The molecule has 0 radical (unpaired) electrons. The van der Waals surface area contributed by atoms with Crippen LogP contribution in [-0.4, -0.2) is 53.2 Å². The Bertz CT molecular complexity index is 940. The molecule has 1 aliphatic carbocycles. The number of nitrogens with zero attached hydrogens (tertiary/aromatic N) is 2. The summed E-state index contributed by atoms with van der Waals surface area (Å²) in [6, 6.07) is 16.8. The quantitative estimate of drug-likeness (QED) is 0.734. The van der Waals surface area contributed by atoms with E-state index < -0.39 is 6.04 Å². The summed E-state index contributed by atoms with van der Waals surface area (Å²) in [6.07, 6.45) is 2.62. The van der Waals surface area contributed by atoms with Gasteiger partial charge in [0.25, 0.3) is 5.91 Å². The van der Waals surface area contributed by atoms with Crippen LogP contribution in [0.15, 0.2) is 54.6 Å². The second-order valence-corrected chi connectivity index (χ2v) is 7.86. The van der Waals surface area contributed by atoms with Crippen molar-refractivity contribution in [3.05, 3.63) is 71.3 Å². The summed E-state index contributed by atoms with van der Waals surface area (Å²) in [5.41, 5.74) is 2.50. The number of nitrogens with one attached hydrogen (secondary N) is 1. The van der Waals surface area contributed by atoms with Gasteiger partial charge in [-0.05, 0) is 43.4 Å². The van der Waals surface area contributed by atoms with Crippen molar-refractivity contribution in [2.75, 3.05) is 19.6 Å². The van der Waals surface area contributed by atoms with Crippen molar-refractivity contribution >= 4 is 17.7 Å². The highest BCUT2D eigenvalue weighted by Gasteiger charge is 2.47. The SMILES string of the molecule is CCN(CCc1ccccc1)C(=O)CNC(=O)C1c2ccccc2C(=O)N1C1CC1. The molecule has 1 saturated carbocycles. The molecule has 0 aromatic heterocycles. The molecule has 30 heavy (non-hydrogen) atoms. The largest absolute Gasteiger partial charge is 0.345 e. The van der Waals surface area contributed by atoms with Gasteiger partial charge in [-0.1, -0.05) is 48.5 Å². The van der Waals surface area contributed by atoms with E-state index in [1.165, 1.54) is 5.56 Å². The Balaban J connectivity index is 1.38. The molecule has 2 aromatic rings. The molecule has 0 saturated heterocycles. The van der Waals surface area contributed by atoms with Gasteiger partial charge in [-0.2, -0.15) is 0 Å². The topological polar surface area (TPSA) is 69.7 Å². The molecule has 6 heteroatoms. The van der Waals surface area contributed by atoms with Crippen LogP contribution in [0.4, 0.5) is 0 Å². The van der Waals surface area contributed by atoms with Crippen molar-refractivity contribution < 1.29 is 14.4 Å². The average Bonchev–Trinajstić information content (AvgIpc) is 3.57. The van der Waals surface area contributed by atoms with Crippen LogP contribution in [0.5, 0.6) is 0 Å². The van der Waals surface area contributed by atoms with Gasteiger partial charge in [0.1, 0.15) is 6.04 Å². The molecule has 1 atom stereocenters. The lowest BCUT2D eigenvalue weighted by molar-refractivity contribution is -0.134. The second-order valence-electron chi connectivity index (χ2n) is 7.86. The molecule has 1 fully saturated rings. The lowest BCUT2D eigenvalue weighted by Gasteiger charge is -2.25. The Morgan fingerprint density at radius 3 is 2.47 bits per heavy atom. The zero-order valence-corrected chi connectivity index (χ0v) is 17.2. The van der Waals surface area contributed by atoms with E-state index in [1.807, 2.05) is 55.5 Å². The first kappa shape index (κ1) is 20.1. The minimum absolute atomic E-state index is 0.0627. The third-order valence-electron chi connectivity index (χ3n) is 5.85. The van der Waals surface area contributed by atoms with Gasteiger partial charge in [-0.15, -0.1) is 0 Å². The molecule has 1 unspecified atom stereocenters. The van der Waals surface area contributed by atoms with Crippen LogP contribution in [0.25, 0.3) is 0 Å². The van der Waals surface area contributed by atoms with E-state index in [9.17, 15) is 14.4 Å². The Hall–Kier alpha value is -3.15. The van der Waals surface area contributed by atoms with Crippen molar-refractivity contribution in [1.29, 1.82) is 0 Å². The van der Waals surface area contributed by atoms with Gasteiger partial charge in [-0.3, -0.25) is 14.4 Å². The zero-order chi connectivity index (χ0) is 21.1. The fourth-order valence-electron chi connectivity index (χ4n) is 4.07. The van der Waals surface area contributed by atoms with Crippen LogP contribution >= 0.6 is 0 Å². The van der Waals surface area contributed by atoms with Crippen LogP contribution in [-0.2, 0) is 16.0 Å². The van der Waals surface area contributed by atoms with Crippen molar-refractivity contribution in [1.82, 2.24) is 15.1 Å². The van der Waals surface area contributed by atoms with Gasteiger partial charge < -0.3 is 15.1 Å². The minimum Gasteiger partial charge on any atom is -0.345 e. The number of hydrogen-bond acceptors (Lipinski definition) is 3. The Kier molecular flexibility index (Phi) is 5.84. The van der Waals surface area contributed by atoms with Crippen LogP contribution in [0.1, 0.15) is 47.3 Å². The summed E-state index contributed by atoms with van der Waals surface area (Å²) in [5.74, 6) is -0.484. The number of amides is 3. The zero-order valence-electron chi connectivity index (χ0n) is 17.2. The number of carbonyl (C=O) groups is 3. The van der Waals surface area contributed by atoms with Crippen LogP contribution in [0, 0.1) is 0 Å². The smallest absolute Gasteiger partial charge is 0.255 e. The van der Waals surface area contributed by atoms with Gasteiger partial charge in [-0.25, -0.2) is 0 Å². The van der Waals surface area contributed by atoms with Gasteiger partial charge in [0, 0.05) is 24.7 Å². The maximum atomic E-state index is 13.0. The molecular formula is C24H27N3O3. The van der Waals surface area contributed by atoms with E-state index in [0.717, 1.165) is 24.8 Å². The number of carbonyl (C=O) groups excluding carboxylic acids is 3. The average molecular weight is 405 g/mol. The molecule has 156 valence electrons. The summed E-state index contributed by atoms with van der Waals surface area (Å²) < 4.78 is 0. The molecule has 0 spiro atoms. The highest BCUT2D eigenvalue weighted by molar-refractivity contribution is 6.05. The number of fused-ring (bicyclic) bond motifs is 1. The van der Waals surface area contributed by atoms with E-state index in [-0.39, 0.29) is 30.3 Å². The first-order chi connectivity index (χ1) is 14.6. The summed E-state index contributed by atoms with van der Waals surface area (Å²) in [5, 5.41) is 2.79. The molecule has 3 amide bonds. The van der Waals surface area contributed by atoms with Crippen LogP contribution in [0.3, 0.4) is 0 Å².